The fraction of sp³-hybridized carbons (Fsp3) is 0.148. The molecule has 0 saturated carbocycles. The molecule has 4 aromatic rings. The van der Waals surface area contributed by atoms with Gasteiger partial charge in [-0.1, -0.05) is 39.7 Å². The number of carbonyl (C=O) groups excluding carboxylic acids is 2. The van der Waals surface area contributed by atoms with E-state index in [9.17, 15) is 31.9 Å². The van der Waals surface area contributed by atoms with Gasteiger partial charge in [0.25, 0.3) is 0 Å². The highest BCUT2D eigenvalue weighted by molar-refractivity contribution is 9.10. The van der Waals surface area contributed by atoms with Gasteiger partial charge in [0.1, 0.15) is 18.0 Å². The normalized spacial score (nSPS) is 11.5. The Labute approximate surface area is 231 Å². The highest BCUT2D eigenvalue weighted by Gasteiger charge is 2.34. The maximum absolute atomic E-state index is 13.5. The lowest BCUT2D eigenvalue weighted by molar-refractivity contribution is -0.142. The molecule has 202 valence electrons. The first-order chi connectivity index (χ1) is 18.3. The fourth-order valence-corrected chi connectivity index (χ4v) is 4.55. The number of halogens is 6. The molecule has 0 aliphatic carbocycles. The smallest absolute Gasteiger partial charge is 0.418 e. The van der Waals surface area contributed by atoms with E-state index < -0.39 is 47.2 Å². The summed E-state index contributed by atoms with van der Waals surface area (Å²) in [5.41, 5.74) is -1.87. The average Bonchev–Trinajstić information content (AvgIpc) is 2.84. The van der Waals surface area contributed by atoms with Gasteiger partial charge in [-0.25, -0.2) is 9.18 Å². The van der Waals surface area contributed by atoms with E-state index in [-0.39, 0.29) is 34.4 Å². The molecule has 1 heterocycles. The zero-order valence-electron chi connectivity index (χ0n) is 19.9. The summed E-state index contributed by atoms with van der Waals surface area (Å²) in [6.45, 7) is 1.05. The van der Waals surface area contributed by atoms with Crippen molar-refractivity contribution in [1.29, 1.82) is 0 Å². The molecule has 3 aromatic carbocycles. The van der Waals surface area contributed by atoms with Gasteiger partial charge >= 0.3 is 17.8 Å². The van der Waals surface area contributed by atoms with Crippen molar-refractivity contribution in [2.75, 3.05) is 5.32 Å². The number of amides is 1. The number of anilines is 1. The van der Waals surface area contributed by atoms with E-state index in [1.54, 1.807) is 30.3 Å². The minimum Gasteiger partial charge on any atom is -0.461 e. The van der Waals surface area contributed by atoms with Crippen LogP contribution in [-0.4, -0.2) is 11.9 Å². The summed E-state index contributed by atoms with van der Waals surface area (Å²) in [6, 6.07) is 11.5. The molecule has 0 unspecified atom stereocenters. The second-order valence-electron chi connectivity index (χ2n) is 8.39. The Hall–Kier alpha value is -3.70. The van der Waals surface area contributed by atoms with Crippen molar-refractivity contribution in [3.8, 4) is 11.1 Å². The number of hydrogen-bond donors (Lipinski definition) is 1. The van der Waals surface area contributed by atoms with E-state index in [4.69, 9.17) is 20.8 Å². The van der Waals surface area contributed by atoms with E-state index in [0.29, 0.717) is 21.0 Å². The maximum Gasteiger partial charge on any atom is 0.418 e. The summed E-state index contributed by atoms with van der Waals surface area (Å²) in [5, 5.41) is 2.63. The van der Waals surface area contributed by atoms with Gasteiger partial charge in [-0.05, 0) is 42.0 Å². The molecule has 0 bridgehead atoms. The van der Waals surface area contributed by atoms with Gasteiger partial charge in [-0.15, -0.1) is 0 Å². The Morgan fingerprint density at radius 2 is 1.85 bits per heavy atom. The van der Waals surface area contributed by atoms with Crippen LogP contribution < -0.4 is 10.9 Å². The van der Waals surface area contributed by atoms with Crippen molar-refractivity contribution in [3.05, 3.63) is 97.0 Å². The zero-order chi connectivity index (χ0) is 28.5. The molecule has 6 nitrogen and oxygen atoms in total. The predicted octanol–water partition coefficient (Wildman–Crippen LogP) is 7.28. The summed E-state index contributed by atoms with van der Waals surface area (Å²) in [6.07, 6.45) is -5.61. The third kappa shape index (κ3) is 6.48. The Morgan fingerprint density at radius 3 is 2.51 bits per heavy atom. The maximum atomic E-state index is 13.5. The van der Waals surface area contributed by atoms with Gasteiger partial charge in [-0.3, -0.25) is 9.59 Å². The van der Waals surface area contributed by atoms with E-state index in [2.05, 4.69) is 21.2 Å². The summed E-state index contributed by atoms with van der Waals surface area (Å²) in [7, 11) is 0. The Balaban J connectivity index is 1.85. The molecule has 0 spiro atoms. The van der Waals surface area contributed by atoms with Crippen LogP contribution in [0.5, 0.6) is 0 Å². The average molecular weight is 627 g/mol. The number of nitrogens with one attached hydrogen (secondary N) is 1. The van der Waals surface area contributed by atoms with Crippen LogP contribution in [0.2, 0.25) is 5.02 Å². The Kier molecular flexibility index (Phi) is 8.12. The third-order valence-corrected chi connectivity index (χ3v) is 6.46. The number of fused-ring (bicyclic) bond motifs is 1. The minimum absolute atomic E-state index is 0.0774. The SMILES string of the molecule is CC(=O)OCc1cc2c(-c3cccc(Br)c3)c(CC(=O)Nc3ccc(F)cc3C(F)(F)F)c(=O)oc2cc1Cl. The number of rotatable bonds is 6. The number of benzene rings is 3. The number of esters is 1. The lowest BCUT2D eigenvalue weighted by atomic mass is 9.94. The first-order valence-electron chi connectivity index (χ1n) is 11.2. The van der Waals surface area contributed by atoms with Gasteiger partial charge in [0.2, 0.25) is 5.91 Å². The van der Waals surface area contributed by atoms with E-state index in [1.165, 1.54) is 13.0 Å². The molecule has 0 atom stereocenters. The minimum atomic E-state index is -4.94. The second-order valence-corrected chi connectivity index (χ2v) is 9.71. The van der Waals surface area contributed by atoms with E-state index in [0.717, 1.165) is 12.1 Å². The molecule has 0 aliphatic rings. The van der Waals surface area contributed by atoms with E-state index in [1.807, 2.05) is 0 Å². The molecule has 0 aliphatic heterocycles. The highest BCUT2D eigenvalue weighted by atomic mass is 79.9. The number of alkyl halides is 3. The van der Waals surface area contributed by atoms with E-state index >= 15 is 0 Å². The summed E-state index contributed by atoms with van der Waals surface area (Å²) < 4.78 is 64.9. The van der Waals surface area contributed by atoms with Crippen molar-refractivity contribution >= 4 is 56.1 Å². The molecule has 12 heteroatoms. The van der Waals surface area contributed by atoms with Gasteiger partial charge in [0, 0.05) is 34.0 Å². The molecule has 1 amide bonds. The van der Waals surface area contributed by atoms with Crippen LogP contribution in [-0.2, 0) is 33.5 Å². The van der Waals surface area contributed by atoms with Gasteiger partial charge in [-0.2, -0.15) is 13.2 Å². The monoisotopic (exact) mass is 625 g/mol. The quantitative estimate of drug-likeness (QED) is 0.138. The van der Waals surface area contributed by atoms with Crippen LogP contribution in [0.3, 0.4) is 0 Å². The van der Waals surface area contributed by atoms with Crippen molar-refractivity contribution in [2.45, 2.75) is 26.1 Å². The molecule has 1 N–H and O–H groups in total. The summed E-state index contributed by atoms with van der Waals surface area (Å²) >= 11 is 9.66. The third-order valence-electron chi connectivity index (χ3n) is 5.61. The van der Waals surface area contributed by atoms with Crippen molar-refractivity contribution in [3.63, 3.8) is 0 Å². The van der Waals surface area contributed by atoms with Crippen LogP contribution in [0.1, 0.15) is 23.6 Å². The van der Waals surface area contributed by atoms with Crippen molar-refractivity contribution in [1.82, 2.24) is 0 Å². The number of hydrogen-bond acceptors (Lipinski definition) is 5. The van der Waals surface area contributed by atoms with Crippen LogP contribution in [0.25, 0.3) is 22.1 Å². The molecule has 4 rings (SSSR count). The standard InChI is InChI=1S/C27H17BrClF4NO5/c1-13(35)38-12-15-8-18-23(11-21(15)29)39-26(37)19(25(18)14-3-2-4-16(28)7-14)10-24(36)34-22-6-5-17(30)9-20(22)27(31,32)33/h2-9,11H,10,12H2,1H3,(H,34,36). The highest BCUT2D eigenvalue weighted by Crippen LogP contribution is 2.37. The van der Waals surface area contributed by atoms with Crippen molar-refractivity contribution < 1.29 is 36.3 Å². The molecule has 0 saturated heterocycles. The fourth-order valence-electron chi connectivity index (χ4n) is 3.94. The van der Waals surface area contributed by atoms with Crippen LogP contribution in [0, 0.1) is 5.82 Å². The van der Waals surface area contributed by atoms with Gasteiger partial charge in [0.15, 0.2) is 0 Å². The van der Waals surface area contributed by atoms with Gasteiger partial charge in [0.05, 0.1) is 28.3 Å². The molecular weight excluding hydrogens is 610 g/mol. The Bertz CT molecular complexity index is 1670. The van der Waals surface area contributed by atoms with Crippen molar-refractivity contribution in [2.24, 2.45) is 0 Å². The topological polar surface area (TPSA) is 85.6 Å². The van der Waals surface area contributed by atoms with Crippen LogP contribution in [0.15, 0.2) is 68.3 Å². The lowest BCUT2D eigenvalue weighted by Gasteiger charge is -2.16. The molecule has 1 aromatic heterocycles. The Morgan fingerprint density at radius 1 is 1.10 bits per heavy atom. The first kappa shape index (κ1) is 28.3. The number of carbonyl (C=O) groups is 2. The summed E-state index contributed by atoms with van der Waals surface area (Å²) in [4.78, 5) is 37.4. The zero-order valence-corrected chi connectivity index (χ0v) is 22.3. The van der Waals surface area contributed by atoms with Gasteiger partial charge < -0.3 is 14.5 Å². The molecule has 0 radical (unpaired) electrons. The molecular formula is C27H17BrClF4NO5. The molecule has 39 heavy (non-hydrogen) atoms. The number of ether oxygens (including phenoxy) is 1. The molecule has 0 fully saturated rings. The second kappa shape index (κ2) is 11.2. The van der Waals surface area contributed by atoms with Crippen LogP contribution in [0.4, 0.5) is 23.2 Å². The van der Waals surface area contributed by atoms with Crippen LogP contribution >= 0.6 is 27.5 Å². The lowest BCUT2D eigenvalue weighted by Crippen LogP contribution is -2.22. The first-order valence-corrected chi connectivity index (χ1v) is 12.3. The summed E-state index contributed by atoms with van der Waals surface area (Å²) in [5.74, 6) is -2.64. The largest absolute Gasteiger partial charge is 0.461 e. The predicted molar refractivity (Wildman–Crippen MR) is 140 cm³/mol.